The van der Waals surface area contributed by atoms with E-state index in [-0.39, 0.29) is 0 Å². The smallest absolute Gasteiger partial charge is 0.184 e. The summed E-state index contributed by atoms with van der Waals surface area (Å²) in [6.45, 7) is 2.27. The van der Waals surface area contributed by atoms with Gasteiger partial charge in [0.05, 0.1) is 27.9 Å². The van der Waals surface area contributed by atoms with Crippen LogP contribution in [0.15, 0.2) is 54.9 Å². The van der Waals surface area contributed by atoms with Crippen molar-refractivity contribution in [3.63, 3.8) is 0 Å². The van der Waals surface area contributed by atoms with Crippen molar-refractivity contribution in [3.05, 3.63) is 71.3 Å². The van der Waals surface area contributed by atoms with E-state index in [4.69, 9.17) is 19.9 Å². The van der Waals surface area contributed by atoms with Crippen molar-refractivity contribution >= 4 is 21.6 Å². The maximum absolute atomic E-state index is 11.1. The number of thiazole rings is 1. The van der Waals surface area contributed by atoms with Crippen LogP contribution in [-0.2, 0) is 14.2 Å². The molecule has 3 N–H and O–H groups in total. The number of hydrogen-bond donors (Lipinski definition) is 2. The molecule has 33 heavy (non-hydrogen) atoms. The third-order valence-electron chi connectivity index (χ3n) is 6.12. The first-order chi connectivity index (χ1) is 16.1. The first-order valence-corrected chi connectivity index (χ1v) is 11.6. The van der Waals surface area contributed by atoms with Crippen LogP contribution in [0.2, 0.25) is 0 Å². The number of hydrogen-bond acceptors (Lipinski definition) is 9. The number of aryl methyl sites for hydroxylation is 1. The highest BCUT2D eigenvalue weighted by atomic mass is 32.1. The van der Waals surface area contributed by atoms with Crippen LogP contribution in [0.25, 0.3) is 15.9 Å². The predicted octanol–water partition coefficient (Wildman–Crippen LogP) is 2.43. The van der Waals surface area contributed by atoms with Crippen LogP contribution >= 0.6 is 11.3 Å². The Morgan fingerprint density at radius 3 is 2.85 bits per heavy atom. The fourth-order valence-electron chi connectivity index (χ4n) is 4.48. The summed E-state index contributed by atoms with van der Waals surface area (Å²) in [7, 11) is 0. The summed E-state index contributed by atoms with van der Waals surface area (Å²) in [5, 5.41) is 20.4. The van der Waals surface area contributed by atoms with E-state index in [1.54, 1.807) is 17.7 Å². The Morgan fingerprint density at radius 1 is 1.15 bits per heavy atom. The summed E-state index contributed by atoms with van der Waals surface area (Å²) in [5.41, 5.74) is 9.16. The minimum Gasteiger partial charge on any atom is -0.388 e. The molecule has 2 aromatic heterocycles. The Hall–Kier alpha value is -2.73. The molecule has 0 radical (unpaired) electrons. The van der Waals surface area contributed by atoms with Crippen molar-refractivity contribution in [3.8, 4) is 5.69 Å². The van der Waals surface area contributed by atoms with E-state index in [0.717, 1.165) is 26.5 Å². The van der Waals surface area contributed by atoms with Crippen LogP contribution in [0.3, 0.4) is 0 Å². The van der Waals surface area contributed by atoms with Crippen LogP contribution in [-0.4, -0.2) is 55.8 Å². The fourth-order valence-corrected chi connectivity index (χ4v) is 5.34. The normalized spacial score (nSPS) is 29.8. The molecule has 6 rings (SSSR count). The molecule has 6 atom stereocenters. The van der Waals surface area contributed by atoms with Crippen LogP contribution in [0.1, 0.15) is 28.8 Å². The second kappa shape index (κ2) is 8.24. The number of aromatic nitrogens is 4. The van der Waals surface area contributed by atoms with Crippen molar-refractivity contribution < 1.29 is 19.3 Å². The molecule has 10 heteroatoms. The van der Waals surface area contributed by atoms with Gasteiger partial charge in [0.1, 0.15) is 30.7 Å². The largest absolute Gasteiger partial charge is 0.388 e. The molecular weight excluding hydrogens is 442 g/mol. The van der Waals surface area contributed by atoms with Crippen molar-refractivity contribution in [2.24, 2.45) is 5.73 Å². The highest BCUT2D eigenvalue weighted by Crippen LogP contribution is 2.38. The molecule has 0 bridgehead atoms. The van der Waals surface area contributed by atoms with Gasteiger partial charge in [-0.1, -0.05) is 30.3 Å². The lowest BCUT2D eigenvalue weighted by molar-refractivity contribution is -0.309. The van der Waals surface area contributed by atoms with Crippen LogP contribution in [0, 0.1) is 6.92 Å². The molecule has 0 saturated carbocycles. The molecule has 2 saturated heterocycles. The Morgan fingerprint density at radius 2 is 2.00 bits per heavy atom. The van der Waals surface area contributed by atoms with Gasteiger partial charge >= 0.3 is 0 Å². The topological polar surface area (TPSA) is 118 Å². The van der Waals surface area contributed by atoms with Gasteiger partial charge in [0.2, 0.25) is 0 Å². The monoisotopic (exact) mass is 465 g/mol. The maximum atomic E-state index is 11.1. The minimum atomic E-state index is -1.03. The highest BCUT2D eigenvalue weighted by Gasteiger charge is 2.49. The zero-order valence-corrected chi connectivity index (χ0v) is 18.6. The number of fused-ring (bicyclic) bond motifs is 2. The second-order valence-corrected chi connectivity index (χ2v) is 9.52. The van der Waals surface area contributed by atoms with Crippen molar-refractivity contribution in [2.75, 3.05) is 6.61 Å². The molecule has 4 unspecified atom stereocenters. The molecular formula is C23H23N5O4S. The molecule has 2 aromatic carbocycles. The predicted molar refractivity (Wildman–Crippen MR) is 121 cm³/mol. The van der Waals surface area contributed by atoms with Crippen LogP contribution in [0.4, 0.5) is 0 Å². The maximum Gasteiger partial charge on any atom is 0.184 e. The highest BCUT2D eigenvalue weighted by molar-refractivity contribution is 7.18. The molecule has 4 heterocycles. The number of benzene rings is 2. The zero-order valence-electron chi connectivity index (χ0n) is 17.8. The summed E-state index contributed by atoms with van der Waals surface area (Å²) < 4.78 is 21.1. The van der Waals surface area contributed by atoms with E-state index in [1.807, 2.05) is 60.0 Å². The first kappa shape index (κ1) is 20.8. The summed E-state index contributed by atoms with van der Waals surface area (Å²) in [6.07, 6.45) is -1.70. The summed E-state index contributed by atoms with van der Waals surface area (Å²) in [4.78, 5) is 4.51. The summed E-state index contributed by atoms with van der Waals surface area (Å²) in [6, 6.07) is 14.9. The molecule has 0 amide bonds. The van der Waals surface area contributed by atoms with E-state index >= 15 is 0 Å². The molecule has 2 aliphatic rings. The van der Waals surface area contributed by atoms with E-state index in [2.05, 4.69) is 15.2 Å². The van der Waals surface area contributed by atoms with Crippen molar-refractivity contribution in [2.45, 2.75) is 43.7 Å². The van der Waals surface area contributed by atoms with E-state index < -0.39 is 36.7 Å². The van der Waals surface area contributed by atoms with E-state index in [0.29, 0.717) is 12.4 Å². The summed E-state index contributed by atoms with van der Waals surface area (Å²) in [5.74, 6) is 0.474. The van der Waals surface area contributed by atoms with Gasteiger partial charge in [-0.25, -0.2) is 4.98 Å². The lowest BCUT2D eigenvalue weighted by Gasteiger charge is -2.46. The number of rotatable bonds is 3. The van der Waals surface area contributed by atoms with E-state index in [9.17, 15) is 5.11 Å². The first-order valence-electron chi connectivity index (χ1n) is 10.8. The van der Waals surface area contributed by atoms with Crippen molar-refractivity contribution in [1.29, 1.82) is 0 Å². The summed E-state index contributed by atoms with van der Waals surface area (Å²) >= 11 is 1.62. The SMILES string of the molecule is Cc1nc2ccc(-n3cnnc3[C@@H]3OC4COC(c5ccccc5)O[C@@H]4C(N)C3O)cc2s1. The number of nitrogens with two attached hydrogens (primary N) is 1. The number of aliphatic hydroxyl groups excluding tert-OH is 1. The number of aliphatic hydroxyl groups is 1. The lowest BCUT2D eigenvalue weighted by Crippen LogP contribution is -2.62. The zero-order chi connectivity index (χ0) is 22.5. The molecule has 4 aromatic rings. The third kappa shape index (κ3) is 3.65. The second-order valence-electron chi connectivity index (χ2n) is 8.28. The third-order valence-corrected chi connectivity index (χ3v) is 7.06. The molecule has 0 aliphatic carbocycles. The fraction of sp³-hybridized carbons (Fsp3) is 0.348. The Labute approximate surface area is 193 Å². The molecule has 0 spiro atoms. The quantitative estimate of drug-likeness (QED) is 0.474. The Bertz CT molecular complexity index is 1280. The standard InChI is InChI=1S/C23H23N5O4S/c1-12-26-15-8-7-14(9-17(15)33-12)28-11-25-27-22(28)21-19(29)18(24)20-16(31-21)10-30-23(32-20)13-5-3-2-4-6-13/h2-9,11,16,18-21,23,29H,10,24H2,1H3/t16?,18?,19?,20-,21+,23?/m0/s1. The minimum absolute atomic E-state index is 0.293. The van der Waals surface area contributed by atoms with Gasteiger partial charge in [-0.3, -0.25) is 4.57 Å². The van der Waals surface area contributed by atoms with Crippen molar-refractivity contribution in [1.82, 2.24) is 19.7 Å². The van der Waals surface area contributed by atoms with Gasteiger partial charge in [-0.05, 0) is 25.1 Å². The van der Waals surface area contributed by atoms with Crippen LogP contribution < -0.4 is 5.73 Å². The molecule has 9 nitrogen and oxygen atoms in total. The number of ether oxygens (including phenoxy) is 3. The van der Waals surface area contributed by atoms with E-state index in [1.165, 1.54) is 0 Å². The van der Waals surface area contributed by atoms with Gasteiger partial charge in [0.25, 0.3) is 0 Å². The Balaban J connectivity index is 1.27. The lowest BCUT2D eigenvalue weighted by atomic mass is 9.92. The van der Waals surface area contributed by atoms with Gasteiger partial charge in [0, 0.05) is 11.3 Å². The molecule has 2 fully saturated rings. The van der Waals surface area contributed by atoms with Gasteiger partial charge < -0.3 is 25.1 Å². The molecule has 2 aliphatic heterocycles. The average Bonchev–Trinajstić information content (AvgIpc) is 3.47. The van der Waals surface area contributed by atoms with Crippen LogP contribution in [0.5, 0.6) is 0 Å². The number of nitrogens with zero attached hydrogens (tertiary/aromatic N) is 4. The molecule has 170 valence electrons. The Kier molecular flexibility index (Phi) is 5.21. The van der Waals surface area contributed by atoms with Gasteiger partial charge in [-0.2, -0.15) is 0 Å². The van der Waals surface area contributed by atoms with Gasteiger partial charge in [-0.15, -0.1) is 21.5 Å². The average molecular weight is 466 g/mol. The van der Waals surface area contributed by atoms with Gasteiger partial charge in [0.15, 0.2) is 12.1 Å².